The van der Waals surface area contributed by atoms with Crippen molar-refractivity contribution in [3.63, 3.8) is 0 Å². The average Bonchev–Trinajstić information content (AvgIpc) is 2.67. The van der Waals surface area contributed by atoms with E-state index in [-0.39, 0.29) is 0 Å². The summed E-state index contributed by atoms with van der Waals surface area (Å²) in [6, 6.07) is 12.0. The zero-order valence-electron chi connectivity index (χ0n) is 15.1. The van der Waals surface area contributed by atoms with E-state index in [2.05, 4.69) is 36.2 Å². The first-order chi connectivity index (χ1) is 12.3. The summed E-state index contributed by atoms with van der Waals surface area (Å²) >= 11 is 0. The Hall–Kier alpha value is -1.90. The molecule has 1 aromatic heterocycles. The van der Waals surface area contributed by atoms with Crippen LogP contribution in [0.3, 0.4) is 0 Å². The molecule has 0 N–H and O–H groups in total. The third-order valence-corrected chi connectivity index (χ3v) is 5.32. The van der Waals surface area contributed by atoms with Gasteiger partial charge in [0.1, 0.15) is 5.75 Å². The molecule has 0 bridgehead atoms. The average molecular weight is 341 g/mol. The molecule has 1 aliphatic carbocycles. The van der Waals surface area contributed by atoms with Crippen LogP contribution in [0.2, 0.25) is 0 Å². The summed E-state index contributed by atoms with van der Waals surface area (Å²) in [5, 5.41) is 0. The summed E-state index contributed by atoms with van der Waals surface area (Å²) in [6.45, 7) is 3.01. The number of aromatic nitrogens is 1. The van der Waals surface area contributed by atoms with Gasteiger partial charge in [-0.1, -0.05) is 38.0 Å². The molecule has 134 valence electrons. The van der Waals surface area contributed by atoms with E-state index >= 15 is 0 Å². The molecule has 1 fully saturated rings. The third kappa shape index (κ3) is 5.04. The van der Waals surface area contributed by atoms with E-state index < -0.39 is 5.95 Å². The molecule has 3 heteroatoms. The number of benzene rings is 1. The lowest BCUT2D eigenvalue weighted by Crippen LogP contribution is -2.12. The van der Waals surface area contributed by atoms with Crippen LogP contribution in [0.1, 0.15) is 74.8 Å². The molecule has 0 aliphatic heterocycles. The minimum Gasteiger partial charge on any atom is -0.494 e. The van der Waals surface area contributed by atoms with Crippen LogP contribution < -0.4 is 4.74 Å². The fraction of sp³-hybridized carbons (Fsp3) is 0.500. The van der Waals surface area contributed by atoms with Gasteiger partial charge < -0.3 is 4.74 Å². The summed E-state index contributed by atoms with van der Waals surface area (Å²) in [7, 11) is 0. The lowest BCUT2D eigenvalue weighted by molar-refractivity contribution is 0.306. The second-order valence-corrected chi connectivity index (χ2v) is 7.09. The summed E-state index contributed by atoms with van der Waals surface area (Å²) in [5.74, 6) is 1.73. The molecule has 0 unspecified atom stereocenters. The topological polar surface area (TPSA) is 22.1 Å². The van der Waals surface area contributed by atoms with E-state index in [1.54, 1.807) is 6.20 Å². The van der Waals surface area contributed by atoms with Crippen molar-refractivity contribution in [2.75, 3.05) is 6.61 Å². The van der Waals surface area contributed by atoms with E-state index in [1.165, 1.54) is 42.9 Å². The van der Waals surface area contributed by atoms with Crippen LogP contribution in [0, 0.1) is 5.95 Å². The molecular formula is C22H28FNO. The molecule has 1 aromatic carbocycles. The molecular weight excluding hydrogens is 313 g/mol. The number of unbranched alkanes of at least 4 members (excludes halogenated alkanes) is 2. The van der Waals surface area contributed by atoms with E-state index in [0.29, 0.717) is 11.8 Å². The smallest absolute Gasteiger partial charge is 0.212 e. The third-order valence-electron chi connectivity index (χ3n) is 5.32. The number of halogens is 1. The van der Waals surface area contributed by atoms with Gasteiger partial charge in [0, 0.05) is 6.20 Å². The molecule has 0 atom stereocenters. The Kier molecular flexibility index (Phi) is 6.43. The Balaban J connectivity index is 1.50. The first kappa shape index (κ1) is 17.9. The van der Waals surface area contributed by atoms with Gasteiger partial charge in [-0.2, -0.15) is 4.39 Å². The van der Waals surface area contributed by atoms with Crippen molar-refractivity contribution in [2.24, 2.45) is 0 Å². The van der Waals surface area contributed by atoms with Gasteiger partial charge in [-0.3, -0.25) is 0 Å². The van der Waals surface area contributed by atoms with Gasteiger partial charge >= 0.3 is 0 Å². The van der Waals surface area contributed by atoms with Crippen LogP contribution in [0.25, 0.3) is 0 Å². The van der Waals surface area contributed by atoms with Crippen LogP contribution >= 0.6 is 0 Å². The molecule has 0 radical (unpaired) electrons. The normalized spacial score (nSPS) is 20.4. The van der Waals surface area contributed by atoms with Crippen molar-refractivity contribution in [2.45, 2.75) is 63.7 Å². The Morgan fingerprint density at radius 1 is 0.920 bits per heavy atom. The zero-order chi connectivity index (χ0) is 17.5. The molecule has 3 rings (SSSR count). The van der Waals surface area contributed by atoms with Gasteiger partial charge in [0.2, 0.25) is 5.95 Å². The highest BCUT2D eigenvalue weighted by atomic mass is 19.1. The van der Waals surface area contributed by atoms with Crippen molar-refractivity contribution in [1.82, 2.24) is 4.98 Å². The second-order valence-electron chi connectivity index (χ2n) is 7.09. The largest absolute Gasteiger partial charge is 0.494 e. The SMILES string of the molecule is CCCCCOc1ccc(C2CCC(c3ccc(F)nc3)CC2)cc1. The summed E-state index contributed by atoms with van der Waals surface area (Å²) in [5.41, 5.74) is 2.59. The van der Waals surface area contributed by atoms with E-state index in [9.17, 15) is 4.39 Å². The number of pyridine rings is 1. The summed E-state index contributed by atoms with van der Waals surface area (Å²) in [6.07, 6.45) is 9.92. The molecule has 0 amide bonds. The summed E-state index contributed by atoms with van der Waals surface area (Å²) in [4.78, 5) is 3.80. The van der Waals surface area contributed by atoms with Crippen LogP contribution in [-0.2, 0) is 0 Å². The van der Waals surface area contributed by atoms with Crippen molar-refractivity contribution < 1.29 is 9.13 Å². The van der Waals surface area contributed by atoms with Crippen molar-refractivity contribution >= 4 is 0 Å². The highest BCUT2D eigenvalue weighted by Crippen LogP contribution is 2.40. The molecule has 1 heterocycles. The Morgan fingerprint density at radius 2 is 1.56 bits per heavy atom. The standard InChI is InChI=1S/C22H28FNO/c1-2-3-4-15-25-21-12-9-18(10-13-21)17-5-7-19(8-6-17)20-11-14-22(23)24-16-20/h9-14,16-17,19H,2-8,15H2,1H3. The molecule has 0 saturated heterocycles. The fourth-order valence-corrected chi connectivity index (χ4v) is 3.77. The predicted molar refractivity (Wildman–Crippen MR) is 99.6 cm³/mol. The number of ether oxygens (including phenoxy) is 1. The molecule has 0 spiro atoms. The lowest BCUT2D eigenvalue weighted by atomic mass is 9.76. The van der Waals surface area contributed by atoms with Gasteiger partial charge in [0.25, 0.3) is 0 Å². The van der Waals surface area contributed by atoms with Gasteiger partial charge in [0.15, 0.2) is 0 Å². The molecule has 1 aliphatic rings. The Labute approximate surface area is 150 Å². The minimum absolute atomic E-state index is 0.394. The van der Waals surface area contributed by atoms with Gasteiger partial charge in [-0.25, -0.2) is 4.98 Å². The second kappa shape index (κ2) is 8.98. The van der Waals surface area contributed by atoms with Crippen LogP contribution in [0.5, 0.6) is 5.75 Å². The first-order valence-corrected chi connectivity index (χ1v) is 9.60. The number of rotatable bonds is 7. The van der Waals surface area contributed by atoms with Crippen LogP contribution in [0.15, 0.2) is 42.6 Å². The van der Waals surface area contributed by atoms with Gasteiger partial charge in [-0.05, 0) is 73.3 Å². The highest BCUT2D eigenvalue weighted by molar-refractivity contribution is 5.30. The number of hydrogen-bond donors (Lipinski definition) is 0. The molecule has 2 aromatic rings. The van der Waals surface area contributed by atoms with Crippen molar-refractivity contribution in [3.05, 3.63) is 59.7 Å². The molecule has 2 nitrogen and oxygen atoms in total. The fourth-order valence-electron chi connectivity index (χ4n) is 3.77. The highest BCUT2D eigenvalue weighted by Gasteiger charge is 2.23. The van der Waals surface area contributed by atoms with Crippen molar-refractivity contribution in [3.8, 4) is 5.75 Å². The predicted octanol–water partition coefficient (Wildman–Crippen LogP) is 6.23. The maximum absolute atomic E-state index is 13.0. The molecule has 1 saturated carbocycles. The first-order valence-electron chi connectivity index (χ1n) is 9.60. The van der Waals surface area contributed by atoms with Gasteiger partial charge in [0.05, 0.1) is 6.61 Å². The maximum atomic E-state index is 13.0. The minimum atomic E-state index is -0.394. The Morgan fingerprint density at radius 3 is 2.16 bits per heavy atom. The van der Waals surface area contributed by atoms with E-state index in [0.717, 1.165) is 31.6 Å². The Bertz CT molecular complexity index is 630. The van der Waals surface area contributed by atoms with Crippen molar-refractivity contribution in [1.29, 1.82) is 0 Å². The van der Waals surface area contributed by atoms with E-state index in [1.807, 2.05) is 6.07 Å². The lowest BCUT2D eigenvalue weighted by Gasteiger charge is -2.29. The monoisotopic (exact) mass is 341 g/mol. The quantitative estimate of drug-likeness (QED) is 0.440. The number of hydrogen-bond acceptors (Lipinski definition) is 2. The van der Waals surface area contributed by atoms with Crippen LogP contribution in [-0.4, -0.2) is 11.6 Å². The zero-order valence-corrected chi connectivity index (χ0v) is 15.1. The maximum Gasteiger partial charge on any atom is 0.212 e. The number of nitrogens with zero attached hydrogens (tertiary/aromatic N) is 1. The van der Waals surface area contributed by atoms with Crippen LogP contribution in [0.4, 0.5) is 4.39 Å². The van der Waals surface area contributed by atoms with E-state index in [4.69, 9.17) is 4.74 Å². The molecule has 25 heavy (non-hydrogen) atoms. The summed E-state index contributed by atoms with van der Waals surface area (Å²) < 4.78 is 18.8. The van der Waals surface area contributed by atoms with Gasteiger partial charge in [-0.15, -0.1) is 0 Å².